The van der Waals surface area contributed by atoms with Crippen LogP contribution in [-0.2, 0) is 0 Å². The van der Waals surface area contributed by atoms with Crippen molar-refractivity contribution >= 4 is 28.6 Å². The number of hydrogen-bond acceptors (Lipinski definition) is 2. The fourth-order valence-corrected chi connectivity index (χ4v) is 2.34. The lowest BCUT2D eigenvalue weighted by atomic mass is 10.1. The van der Waals surface area contributed by atoms with E-state index < -0.39 is 0 Å². The van der Waals surface area contributed by atoms with Gasteiger partial charge in [-0.3, -0.25) is 0 Å². The van der Waals surface area contributed by atoms with Gasteiger partial charge in [0.2, 0.25) is 0 Å². The number of thiocarbonyl (C=S) groups is 1. The van der Waals surface area contributed by atoms with Gasteiger partial charge in [-0.2, -0.15) is 0 Å². The largest absolute Gasteiger partial charge is 0.389 e. The minimum Gasteiger partial charge on any atom is -0.389 e. The highest BCUT2D eigenvalue weighted by atomic mass is 32.1. The lowest BCUT2D eigenvalue weighted by Crippen LogP contribution is -2.19. The summed E-state index contributed by atoms with van der Waals surface area (Å²) in [7, 11) is 0. The standard InChI is InChI=1S/C16H17FN2S/c1-3-19(14-7-5-4-6-11(14)2)15-9-8-12(16(18)20)10-13(15)17/h4-10H,3H2,1-2H3,(H2,18,20). The molecule has 2 aromatic rings. The summed E-state index contributed by atoms with van der Waals surface area (Å²) in [5.74, 6) is -0.319. The molecular formula is C16H17FN2S. The molecule has 0 aliphatic rings. The summed E-state index contributed by atoms with van der Waals surface area (Å²) in [4.78, 5) is 2.14. The molecule has 0 aliphatic carbocycles. The molecule has 0 atom stereocenters. The molecule has 0 radical (unpaired) electrons. The smallest absolute Gasteiger partial charge is 0.147 e. The Bertz CT molecular complexity index is 640. The summed E-state index contributed by atoms with van der Waals surface area (Å²) in [5, 5.41) is 0. The van der Waals surface area contributed by atoms with Crippen LogP contribution in [0, 0.1) is 12.7 Å². The molecule has 0 spiro atoms. The molecule has 0 aromatic heterocycles. The first kappa shape index (κ1) is 14.5. The van der Waals surface area contributed by atoms with Gasteiger partial charge in [-0.05, 0) is 43.7 Å². The van der Waals surface area contributed by atoms with Crippen LogP contribution in [0.15, 0.2) is 42.5 Å². The van der Waals surface area contributed by atoms with Crippen molar-refractivity contribution in [3.8, 4) is 0 Å². The molecule has 0 saturated heterocycles. The first-order chi connectivity index (χ1) is 9.54. The zero-order chi connectivity index (χ0) is 14.7. The lowest BCUT2D eigenvalue weighted by Gasteiger charge is -2.25. The third-order valence-electron chi connectivity index (χ3n) is 3.25. The summed E-state index contributed by atoms with van der Waals surface area (Å²) in [6.45, 7) is 4.68. The van der Waals surface area contributed by atoms with Crippen LogP contribution < -0.4 is 10.6 Å². The van der Waals surface area contributed by atoms with Gasteiger partial charge in [0.05, 0.1) is 5.69 Å². The van der Waals surface area contributed by atoms with Gasteiger partial charge in [-0.25, -0.2) is 4.39 Å². The first-order valence-corrected chi connectivity index (χ1v) is 6.88. The van der Waals surface area contributed by atoms with Crippen molar-refractivity contribution in [3.63, 3.8) is 0 Å². The first-order valence-electron chi connectivity index (χ1n) is 6.47. The summed E-state index contributed by atoms with van der Waals surface area (Å²) < 4.78 is 14.3. The molecule has 0 aliphatic heterocycles. The molecule has 0 unspecified atom stereocenters. The number of anilines is 2. The summed E-state index contributed by atoms with van der Waals surface area (Å²) in [6, 6.07) is 12.8. The molecule has 20 heavy (non-hydrogen) atoms. The van der Waals surface area contributed by atoms with Gasteiger partial charge in [-0.1, -0.05) is 30.4 Å². The van der Waals surface area contributed by atoms with Gasteiger partial charge in [-0.15, -0.1) is 0 Å². The molecule has 4 heteroatoms. The Balaban J connectivity index is 2.48. The molecule has 0 amide bonds. The monoisotopic (exact) mass is 288 g/mol. The van der Waals surface area contributed by atoms with E-state index >= 15 is 0 Å². The fourth-order valence-electron chi connectivity index (χ4n) is 2.22. The zero-order valence-electron chi connectivity index (χ0n) is 11.6. The van der Waals surface area contributed by atoms with Crippen LogP contribution in [0.25, 0.3) is 0 Å². The minimum absolute atomic E-state index is 0.203. The Morgan fingerprint density at radius 2 is 1.90 bits per heavy atom. The maximum absolute atomic E-state index is 14.3. The van der Waals surface area contributed by atoms with E-state index in [1.165, 1.54) is 6.07 Å². The number of halogens is 1. The van der Waals surface area contributed by atoms with E-state index in [4.69, 9.17) is 18.0 Å². The molecule has 2 rings (SSSR count). The van der Waals surface area contributed by atoms with Gasteiger partial charge >= 0.3 is 0 Å². The number of nitrogens with zero attached hydrogens (tertiary/aromatic N) is 1. The third-order valence-corrected chi connectivity index (χ3v) is 3.48. The number of aryl methyl sites for hydroxylation is 1. The van der Waals surface area contributed by atoms with Crippen molar-refractivity contribution in [2.45, 2.75) is 13.8 Å². The molecule has 0 bridgehead atoms. The number of para-hydroxylation sites is 1. The minimum atomic E-state index is -0.319. The van der Waals surface area contributed by atoms with E-state index in [1.807, 2.05) is 43.0 Å². The van der Waals surface area contributed by atoms with Crippen LogP contribution >= 0.6 is 12.2 Å². The topological polar surface area (TPSA) is 29.3 Å². The number of benzene rings is 2. The second-order valence-electron chi connectivity index (χ2n) is 4.56. The lowest BCUT2D eigenvalue weighted by molar-refractivity contribution is 0.625. The van der Waals surface area contributed by atoms with Crippen molar-refractivity contribution in [1.82, 2.24) is 0 Å². The Labute approximate surface area is 124 Å². The fraction of sp³-hybridized carbons (Fsp3) is 0.188. The van der Waals surface area contributed by atoms with Gasteiger partial charge in [0.25, 0.3) is 0 Å². The highest BCUT2D eigenvalue weighted by Crippen LogP contribution is 2.30. The van der Waals surface area contributed by atoms with Gasteiger partial charge in [0, 0.05) is 17.8 Å². The Morgan fingerprint density at radius 3 is 2.45 bits per heavy atom. The predicted octanol–water partition coefficient (Wildman–Crippen LogP) is 3.93. The predicted molar refractivity (Wildman–Crippen MR) is 86.1 cm³/mol. The average molecular weight is 288 g/mol. The van der Waals surface area contributed by atoms with Crippen molar-refractivity contribution in [3.05, 3.63) is 59.4 Å². The van der Waals surface area contributed by atoms with E-state index in [0.29, 0.717) is 17.8 Å². The Kier molecular flexibility index (Phi) is 4.35. The molecule has 0 heterocycles. The SMILES string of the molecule is CCN(c1ccccc1C)c1ccc(C(N)=S)cc1F. The van der Waals surface area contributed by atoms with Gasteiger partial charge in [0.15, 0.2) is 0 Å². The second kappa shape index (κ2) is 6.01. The van der Waals surface area contributed by atoms with Crippen LogP contribution in [0.3, 0.4) is 0 Å². The van der Waals surface area contributed by atoms with Crippen LogP contribution in [0.1, 0.15) is 18.1 Å². The van der Waals surface area contributed by atoms with Gasteiger partial charge < -0.3 is 10.6 Å². The molecule has 0 fully saturated rings. The van der Waals surface area contributed by atoms with Crippen LogP contribution in [0.2, 0.25) is 0 Å². The molecule has 0 saturated carbocycles. The van der Waals surface area contributed by atoms with E-state index in [2.05, 4.69) is 0 Å². The summed E-state index contributed by atoms with van der Waals surface area (Å²) in [5.41, 5.74) is 8.70. The van der Waals surface area contributed by atoms with E-state index in [-0.39, 0.29) is 10.8 Å². The Hall–Kier alpha value is -1.94. The summed E-state index contributed by atoms with van der Waals surface area (Å²) in [6.07, 6.45) is 0. The van der Waals surface area contributed by atoms with E-state index in [0.717, 1.165) is 11.3 Å². The highest BCUT2D eigenvalue weighted by Gasteiger charge is 2.14. The van der Waals surface area contributed by atoms with Crippen molar-refractivity contribution in [2.75, 3.05) is 11.4 Å². The maximum Gasteiger partial charge on any atom is 0.147 e. The van der Waals surface area contributed by atoms with E-state index in [1.54, 1.807) is 12.1 Å². The van der Waals surface area contributed by atoms with Crippen LogP contribution in [0.4, 0.5) is 15.8 Å². The van der Waals surface area contributed by atoms with Crippen LogP contribution in [0.5, 0.6) is 0 Å². The van der Waals surface area contributed by atoms with Crippen molar-refractivity contribution in [1.29, 1.82) is 0 Å². The second-order valence-corrected chi connectivity index (χ2v) is 5.00. The molecule has 2 N–H and O–H groups in total. The Morgan fingerprint density at radius 1 is 1.20 bits per heavy atom. The highest BCUT2D eigenvalue weighted by molar-refractivity contribution is 7.80. The summed E-state index contributed by atoms with van der Waals surface area (Å²) >= 11 is 4.87. The molecule has 104 valence electrons. The average Bonchev–Trinajstić information content (AvgIpc) is 2.43. The number of hydrogen-bond donors (Lipinski definition) is 1. The molecule has 2 aromatic carbocycles. The van der Waals surface area contributed by atoms with Gasteiger partial charge in [0.1, 0.15) is 10.8 Å². The van der Waals surface area contributed by atoms with Crippen molar-refractivity contribution in [2.24, 2.45) is 5.73 Å². The molecule has 2 nitrogen and oxygen atoms in total. The quantitative estimate of drug-likeness (QED) is 0.864. The van der Waals surface area contributed by atoms with E-state index in [9.17, 15) is 4.39 Å². The zero-order valence-corrected chi connectivity index (χ0v) is 12.4. The number of rotatable bonds is 4. The van der Waals surface area contributed by atoms with Crippen LogP contribution in [-0.4, -0.2) is 11.5 Å². The van der Waals surface area contributed by atoms with Crippen molar-refractivity contribution < 1.29 is 4.39 Å². The number of nitrogens with two attached hydrogens (primary N) is 1. The maximum atomic E-state index is 14.3. The third kappa shape index (κ3) is 2.80. The molecular weight excluding hydrogens is 271 g/mol. The normalized spacial score (nSPS) is 10.3.